The molecule has 1 fully saturated rings. The van der Waals surface area contributed by atoms with Gasteiger partial charge in [-0.05, 0) is 12.3 Å². The molecule has 1 rings (SSSR count). The third-order valence-electron chi connectivity index (χ3n) is 1.59. The number of carbonyl (C=O) groups excluding carboxylic acids is 1. The summed E-state index contributed by atoms with van der Waals surface area (Å²) >= 11 is 0. The highest BCUT2D eigenvalue weighted by Gasteiger charge is 2.23. The Morgan fingerprint density at radius 2 is 2.33 bits per heavy atom. The van der Waals surface area contributed by atoms with Crippen molar-refractivity contribution in [1.29, 1.82) is 0 Å². The monoisotopic (exact) mass is 128 g/mol. The molecule has 1 unspecified atom stereocenters. The van der Waals surface area contributed by atoms with Gasteiger partial charge in [-0.2, -0.15) is 0 Å². The summed E-state index contributed by atoms with van der Waals surface area (Å²) in [6.07, 6.45) is 2.88. The maximum Gasteiger partial charge on any atom is 0.0582 e. The second kappa shape index (κ2) is 2.35. The van der Waals surface area contributed by atoms with Crippen molar-refractivity contribution in [1.82, 2.24) is 0 Å². The molecule has 0 amide bonds. The molecular weight excluding hydrogens is 118 g/mol. The van der Waals surface area contributed by atoms with Gasteiger partial charge in [0, 0.05) is 6.04 Å². The van der Waals surface area contributed by atoms with E-state index in [2.05, 4.69) is 0 Å². The minimum atomic E-state index is -1.12. The molecule has 2 N–H and O–H groups in total. The molecule has 0 aromatic rings. The summed E-state index contributed by atoms with van der Waals surface area (Å²) in [7, 11) is 0. The molecule has 1 saturated carbocycles. The Labute approximate surface area is 53.9 Å². The first-order chi connectivity index (χ1) is 4.20. The average Bonchev–Trinajstić information content (AvgIpc) is 2.50. The highest BCUT2D eigenvalue weighted by molar-refractivity contribution is 5.70. The normalized spacial score (nSPS) is 21.4. The van der Waals surface area contributed by atoms with Crippen LogP contribution in [0, 0.1) is 5.92 Å². The second-order valence-electron chi connectivity index (χ2n) is 2.60. The number of carboxylic acids is 1. The lowest BCUT2D eigenvalue weighted by Crippen LogP contribution is -2.42. The van der Waals surface area contributed by atoms with Gasteiger partial charge >= 0.3 is 0 Å². The van der Waals surface area contributed by atoms with Crippen molar-refractivity contribution < 1.29 is 9.90 Å². The third-order valence-corrected chi connectivity index (χ3v) is 1.59. The maximum absolute atomic E-state index is 10.0. The standard InChI is InChI=1S/C6H11NO2/c7-5(6(8)9)3-4-1-2-4/h4-5H,1-3,7H2,(H,8,9)/p-1. The van der Waals surface area contributed by atoms with Gasteiger partial charge < -0.3 is 15.6 Å². The molecule has 0 radical (unpaired) electrons. The smallest absolute Gasteiger partial charge is 0.0582 e. The quantitative estimate of drug-likeness (QED) is 0.522. The van der Waals surface area contributed by atoms with Crippen molar-refractivity contribution in [2.24, 2.45) is 11.7 Å². The predicted octanol–water partition coefficient (Wildman–Crippen LogP) is -1.14. The number of nitrogens with two attached hydrogens (primary N) is 1. The molecule has 0 spiro atoms. The zero-order valence-corrected chi connectivity index (χ0v) is 5.17. The van der Waals surface area contributed by atoms with E-state index in [4.69, 9.17) is 5.73 Å². The number of hydrogen-bond acceptors (Lipinski definition) is 3. The molecule has 0 aliphatic heterocycles. The number of rotatable bonds is 3. The van der Waals surface area contributed by atoms with Gasteiger partial charge in [0.1, 0.15) is 0 Å². The summed E-state index contributed by atoms with van der Waals surface area (Å²) in [5, 5.41) is 10.0. The van der Waals surface area contributed by atoms with Crippen LogP contribution < -0.4 is 10.8 Å². The zero-order chi connectivity index (χ0) is 6.85. The largest absolute Gasteiger partial charge is 0.548 e. The summed E-state index contributed by atoms with van der Waals surface area (Å²) in [5.41, 5.74) is 5.20. The Morgan fingerprint density at radius 1 is 1.78 bits per heavy atom. The van der Waals surface area contributed by atoms with E-state index < -0.39 is 12.0 Å². The molecule has 9 heavy (non-hydrogen) atoms. The Kier molecular flexibility index (Phi) is 1.71. The van der Waals surface area contributed by atoms with Crippen LogP contribution in [0.15, 0.2) is 0 Å². The van der Waals surface area contributed by atoms with E-state index in [1.165, 1.54) is 0 Å². The van der Waals surface area contributed by atoms with Crippen molar-refractivity contribution in [2.75, 3.05) is 0 Å². The average molecular weight is 128 g/mol. The van der Waals surface area contributed by atoms with E-state index in [-0.39, 0.29) is 0 Å². The van der Waals surface area contributed by atoms with Crippen LogP contribution in [-0.2, 0) is 4.79 Å². The first-order valence-corrected chi connectivity index (χ1v) is 3.16. The van der Waals surface area contributed by atoms with Crippen LogP contribution >= 0.6 is 0 Å². The highest BCUT2D eigenvalue weighted by atomic mass is 16.4. The van der Waals surface area contributed by atoms with E-state index in [1.54, 1.807) is 0 Å². The minimum absolute atomic E-state index is 0.567. The molecule has 0 heterocycles. The Hall–Kier alpha value is -0.570. The molecule has 1 atom stereocenters. The highest BCUT2D eigenvalue weighted by Crippen LogP contribution is 2.32. The number of hydrogen-bond donors (Lipinski definition) is 1. The topological polar surface area (TPSA) is 66.2 Å². The lowest BCUT2D eigenvalue weighted by Gasteiger charge is -2.10. The summed E-state index contributed by atoms with van der Waals surface area (Å²) in [4.78, 5) is 10.0. The van der Waals surface area contributed by atoms with Gasteiger partial charge in [-0.25, -0.2) is 0 Å². The van der Waals surface area contributed by atoms with Crippen LogP contribution in [0.3, 0.4) is 0 Å². The van der Waals surface area contributed by atoms with Crippen molar-refractivity contribution in [3.8, 4) is 0 Å². The number of aliphatic carboxylic acids is 1. The molecule has 0 aromatic heterocycles. The van der Waals surface area contributed by atoms with Gasteiger partial charge in [0.05, 0.1) is 5.97 Å². The molecule has 3 heteroatoms. The van der Waals surface area contributed by atoms with Crippen molar-refractivity contribution >= 4 is 5.97 Å². The Balaban J connectivity index is 2.16. The SMILES string of the molecule is NC(CC1CC1)C(=O)[O-]. The van der Waals surface area contributed by atoms with E-state index in [1.807, 2.05) is 0 Å². The maximum atomic E-state index is 10.0. The van der Waals surface area contributed by atoms with Gasteiger partial charge in [-0.1, -0.05) is 12.8 Å². The van der Waals surface area contributed by atoms with Crippen LogP contribution in [0.25, 0.3) is 0 Å². The van der Waals surface area contributed by atoms with Crippen LogP contribution in [0.4, 0.5) is 0 Å². The molecule has 3 nitrogen and oxygen atoms in total. The Morgan fingerprint density at radius 3 is 2.67 bits per heavy atom. The number of carboxylic acid groups (broad SMARTS) is 1. The van der Waals surface area contributed by atoms with Crippen LogP contribution in [0.2, 0.25) is 0 Å². The predicted molar refractivity (Wildman–Crippen MR) is 30.3 cm³/mol. The third kappa shape index (κ3) is 2.01. The van der Waals surface area contributed by atoms with Crippen LogP contribution in [0.5, 0.6) is 0 Å². The van der Waals surface area contributed by atoms with E-state index >= 15 is 0 Å². The fourth-order valence-corrected chi connectivity index (χ4v) is 0.809. The molecule has 52 valence electrons. The van der Waals surface area contributed by atoms with Crippen molar-refractivity contribution in [3.63, 3.8) is 0 Å². The molecule has 0 bridgehead atoms. The fourth-order valence-electron chi connectivity index (χ4n) is 0.809. The summed E-state index contributed by atoms with van der Waals surface area (Å²) in [5.74, 6) is -0.556. The first-order valence-electron chi connectivity index (χ1n) is 3.16. The van der Waals surface area contributed by atoms with E-state index in [0.717, 1.165) is 12.8 Å². The van der Waals surface area contributed by atoms with Gasteiger partial charge in [0.2, 0.25) is 0 Å². The van der Waals surface area contributed by atoms with Crippen molar-refractivity contribution in [3.05, 3.63) is 0 Å². The van der Waals surface area contributed by atoms with Gasteiger partial charge in [-0.15, -0.1) is 0 Å². The second-order valence-corrected chi connectivity index (χ2v) is 2.60. The minimum Gasteiger partial charge on any atom is -0.548 e. The lowest BCUT2D eigenvalue weighted by molar-refractivity contribution is -0.307. The summed E-state index contributed by atoms with van der Waals surface area (Å²) < 4.78 is 0. The van der Waals surface area contributed by atoms with E-state index in [0.29, 0.717) is 12.3 Å². The van der Waals surface area contributed by atoms with Crippen molar-refractivity contribution in [2.45, 2.75) is 25.3 Å². The molecule has 0 saturated heterocycles. The lowest BCUT2D eigenvalue weighted by atomic mass is 10.1. The van der Waals surface area contributed by atoms with Gasteiger partial charge in [0.15, 0.2) is 0 Å². The van der Waals surface area contributed by atoms with Gasteiger partial charge in [-0.3, -0.25) is 0 Å². The number of carbonyl (C=O) groups is 1. The first kappa shape index (κ1) is 6.55. The Bertz CT molecular complexity index is 120. The van der Waals surface area contributed by atoms with E-state index in [9.17, 15) is 9.90 Å². The summed E-state index contributed by atoms with van der Waals surface area (Å²) in [6, 6.07) is -0.738. The zero-order valence-electron chi connectivity index (χ0n) is 5.17. The summed E-state index contributed by atoms with van der Waals surface area (Å²) in [6.45, 7) is 0. The molecule has 0 aromatic carbocycles. The van der Waals surface area contributed by atoms with Gasteiger partial charge in [0.25, 0.3) is 0 Å². The fraction of sp³-hybridized carbons (Fsp3) is 0.833. The van der Waals surface area contributed by atoms with Crippen LogP contribution in [0.1, 0.15) is 19.3 Å². The van der Waals surface area contributed by atoms with Crippen LogP contribution in [-0.4, -0.2) is 12.0 Å². The molecule has 1 aliphatic rings. The molecule has 1 aliphatic carbocycles. The molecular formula is C6H10NO2-.